The van der Waals surface area contributed by atoms with Gasteiger partial charge in [-0.3, -0.25) is 14.2 Å². The number of amides is 1. The molecule has 10 heteroatoms. The smallest absolute Gasteiger partial charge is 0.306 e. The number of rotatable bonds is 48. The van der Waals surface area contributed by atoms with E-state index in [0.717, 1.165) is 64.2 Å². The SMILES string of the molecule is CC\C=C/C=C/C=C/C=C\C=C\C=C\CCCCCC(=O)OC(/C=C/CCCCCCCCCCCC)C(COP(=O)([O-])OCC[N+](C)(C)C)NC(=O)CCCCCCCCCCCCCCC. The van der Waals surface area contributed by atoms with Gasteiger partial charge in [-0.1, -0.05) is 241 Å². The summed E-state index contributed by atoms with van der Waals surface area (Å²) in [7, 11) is 1.15. The predicted octanol–water partition coefficient (Wildman–Crippen LogP) is 15.6. The molecule has 0 bridgehead atoms. The highest BCUT2D eigenvalue weighted by molar-refractivity contribution is 7.45. The third-order valence-corrected chi connectivity index (χ3v) is 12.7. The number of unbranched alkanes of at least 4 members (excludes halogenated alkanes) is 25. The minimum Gasteiger partial charge on any atom is -0.756 e. The Morgan fingerprint density at radius 3 is 1.43 bits per heavy atom. The number of phosphoric ester groups is 1. The Kier molecular flexibility index (Phi) is 45.9. The first-order chi connectivity index (χ1) is 32.9. The van der Waals surface area contributed by atoms with Crippen LogP contribution >= 0.6 is 7.82 Å². The number of likely N-dealkylation sites (N-methyl/N-ethyl adjacent to an activating group) is 1. The first kappa shape index (κ1) is 65.2. The van der Waals surface area contributed by atoms with Crippen LogP contribution in [0.5, 0.6) is 0 Å². The topological polar surface area (TPSA) is 114 Å². The summed E-state index contributed by atoms with van der Waals surface area (Å²) in [6, 6.07) is -0.907. The molecule has 0 aliphatic rings. The Bertz CT molecular complexity index is 1440. The van der Waals surface area contributed by atoms with Crippen molar-refractivity contribution in [3.05, 3.63) is 85.1 Å². The molecule has 1 amide bonds. The minimum atomic E-state index is -4.70. The van der Waals surface area contributed by atoms with E-state index in [1.54, 1.807) is 0 Å². The van der Waals surface area contributed by atoms with Crippen molar-refractivity contribution in [1.29, 1.82) is 0 Å². The van der Waals surface area contributed by atoms with Gasteiger partial charge in [0, 0.05) is 12.8 Å². The van der Waals surface area contributed by atoms with Crippen LogP contribution in [0.15, 0.2) is 85.1 Å². The van der Waals surface area contributed by atoms with E-state index in [0.29, 0.717) is 23.9 Å². The third-order valence-electron chi connectivity index (χ3n) is 11.8. The van der Waals surface area contributed by atoms with E-state index in [9.17, 15) is 19.0 Å². The summed E-state index contributed by atoms with van der Waals surface area (Å²) in [5.74, 6) is -0.595. The molecule has 3 atom stereocenters. The fraction of sp³-hybridized carbons (Fsp3) is 0.724. The number of hydrogen-bond donors (Lipinski definition) is 1. The molecule has 392 valence electrons. The monoisotopic (exact) mass is 971 g/mol. The van der Waals surface area contributed by atoms with Crippen LogP contribution in [-0.2, 0) is 27.9 Å². The fourth-order valence-corrected chi connectivity index (χ4v) is 8.22. The standard InChI is InChI=1S/C58H103N2O7P/c1-7-10-13-16-19-22-25-28-29-30-31-33-36-39-42-45-48-51-58(62)67-56(49-46-43-40-37-34-27-24-21-18-15-12-9-3)55(54-66-68(63,64)65-53-52-60(4,5)6)59-57(61)50-47-44-41-38-35-32-26-23-20-17-14-11-8-2/h10,13,16,19,22,25,28-31,33,36,46,49,55-56H,7-9,11-12,14-15,17-18,20-21,23-24,26-27,32,34-35,37-45,47-48,50-54H2,1-6H3,(H-,59,61,63,64)/b13-10-,19-16+,25-22+,29-28-,31-30+,36-33+,49-46+. The van der Waals surface area contributed by atoms with Crippen molar-refractivity contribution in [1.82, 2.24) is 5.32 Å². The van der Waals surface area contributed by atoms with Gasteiger partial charge in [0.05, 0.1) is 33.8 Å². The molecule has 9 nitrogen and oxygen atoms in total. The molecular weight excluding hydrogens is 868 g/mol. The van der Waals surface area contributed by atoms with E-state index in [1.165, 1.54) is 116 Å². The number of carbonyl (C=O) groups excluding carboxylic acids is 2. The maximum Gasteiger partial charge on any atom is 0.306 e. The molecule has 68 heavy (non-hydrogen) atoms. The van der Waals surface area contributed by atoms with Crippen molar-refractivity contribution >= 4 is 19.7 Å². The zero-order chi connectivity index (χ0) is 50.1. The molecule has 0 radical (unpaired) electrons. The highest BCUT2D eigenvalue weighted by atomic mass is 31.2. The van der Waals surface area contributed by atoms with Gasteiger partial charge in [0.2, 0.25) is 5.91 Å². The van der Waals surface area contributed by atoms with E-state index in [-0.39, 0.29) is 24.9 Å². The largest absolute Gasteiger partial charge is 0.756 e. The minimum absolute atomic E-state index is 0.0326. The second kappa shape index (κ2) is 47.8. The van der Waals surface area contributed by atoms with Crippen LogP contribution in [0, 0.1) is 0 Å². The van der Waals surface area contributed by atoms with Crippen LogP contribution in [0.4, 0.5) is 0 Å². The lowest BCUT2D eigenvalue weighted by molar-refractivity contribution is -0.870. The van der Waals surface area contributed by atoms with Crippen molar-refractivity contribution in [2.45, 2.75) is 232 Å². The summed E-state index contributed by atoms with van der Waals surface area (Å²) >= 11 is 0. The second-order valence-electron chi connectivity index (χ2n) is 19.5. The molecule has 0 aliphatic heterocycles. The van der Waals surface area contributed by atoms with Gasteiger partial charge in [0.25, 0.3) is 7.82 Å². The molecular formula is C58H103N2O7P. The van der Waals surface area contributed by atoms with Gasteiger partial charge >= 0.3 is 5.97 Å². The van der Waals surface area contributed by atoms with Gasteiger partial charge in [-0.25, -0.2) is 0 Å². The summed E-state index contributed by atoms with van der Waals surface area (Å²) in [6.07, 6.45) is 61.1. The van der Waals surface area contributed by atoms with Gasteiger partial charge in [-0.2, -0.15) is 0 Å². The first-order valence-electron chi connectivity index (χ1n) is 27.5. The summed E-state index contributed by atoms with van der Waals surface area (Å²) in [5, 5.41) is 3.00. The number of nitrogens with one attached hydrogen (secondary N) is 1. The van der Waals surface area contributed by atoms with Crippen LogP contribution in [-0.4, -0.2) is 69.4 Å². The van der Waals surface area contributed by atoms with Crippen molar-refractivity contribution < 1.29 is 37.3 Å². The normalized spacial score (nSPS) is 14.5. The number of quaternary nitrogens is 1. The van der Waals surface area contributed by atoms with Crippen LogP contribution in [0.25, 0.3) is 0 Å². The quantitative estimate of drug-likeness (QED) is 0.0161. The Hall–Kier alpha value is -2.81. The molecule has 1 N–H and O–H groups in total. The van der Waals surface area contributed by atoms with Crippen molar-refractivity contribution in [3.8, 4) is 0 Å². The maximum absolute atomic E-state index is 13.4. The number of phosphoric acid groups is 1. The van der Waals surface area contributed by atoms with E-state index < -0.39 is 26.6 Å². The summed E-state index contributed by atoms with van der Waals surface area (Å²) in [5.41, 5.74) is 0. The van der Waals surface area contributed by atoms with Gasteiger partial charge in [-0.15, -0.1) is 0 Å². The Morgan fingerprint density at radius 1 is 0.529 bits per heavy atom. The van der Waals surface area contributed by atoms with Gasteiger partial charge in [0.15, 0.2) is 0 Å². The van der Waals surface area contributed by atoms with Crippen LogP contribution in [0.2, 0.25) is 0 Å². The molecule has 0 aromatic carbocycles. The van der Waals surface area contributed by atoms with E-state index >= 15 is 0 Å². The highest BCUT2D eigenvalue weighted by Gasteiger charge is 2.27. The molecule has 0 aromatic rings. The Balaban J connectivity index is 5.49. The average molecular weight is 971 g/mol. The van der Waals surface area contributed by atoms with Crippen molar-refractivity contribution in [2.24, 2.45) is 0 Å². The fourth-order valence-electron chi connectivity index (χ4n) is 7.49. The molecule has 0 saturated carbocycles. The first-order valence-corrected chi connectivity index (χ1v) is 28.9. The van der Waals surface area contributed by atoms with E-state index in [1.807, 2.05) is 94.1 Å². The van der Waals surface area contributed by atoms with Gasteiger partial charge < -0.3 is 28.5 Å². The van der Waals surface area contributed by atoms with Crippen LogP contribution < -0.4 is 10.2 Å². The van der Waals surface area contributed by atoms with Crippen molar-refractivity contribution in [3.63, 3.8) is 0 Å². The molecule has 0 fully saturated rings. The molecule has 0 spiro atoms. The number of nitrogens with zero attached hydrogens (tertiary/aromatic N) is 1. The van der Waals surface area contributed by atoms with E-state index in [4.69, 9.17) is 13.8 Å². The molecule has 0 heterocycles. The number of esters is 1. The molecule has 0 aliphatic carbocycles. The summed E-state index contributed by atoms with van der Waals surface area (Å²) in [4.78, 5) is 39.8. The molecule has 0 saturated heterocycles. The van der Waals surface area contributed by atoms with E-state index in [2.05, 4.69) is 38.2 Å². The molecule has 3 unspecified atom stereocenters. The van der Waals surface area contributed by atoms with Crippen molar-refractivity contribution in [2.75, 3.05) is 40.9 Å². The lowest BCUT2D eigenvalue weighted by atomic mass is 10.0. The average Bonchev–Trinajstić information content (AvgIpc) is 3.29. The lowest BCUT2D eigenvalue weighted by Crippen LogP contribution is -2.47. The highest BCUT2D eigenvalue weighted by Crippen LogP contribution is 2.38. The maximum atomic E-state index is 13.4. The Labute approximate surface area is 418 Å². The molecule has 0 rings (SSSR count). The summed E-state index contributed by atoms with van der Waals surface area (Å²) < 4.78 is 30.1. The molecule has 0 aromatic heterocycles. The van der Waals surface area contributed by atoms with Gasteiger partial charge in [0.1, 0.15) is 19.3 Å². The summed E-state index contributed by atoms with van der Waals surface area (Å²) in [6.45, 7) is 6.65. The third kappa shape index (κ3) is 48.2. The number of hydrogen-bond acceptors (Lipinski definition) is 7. The number of allylic oxidation sites excluding steroid dienone is 13. The second-order valence-corrected chi connectivity index (χ2v) is 20.9. The number of carbonyl (C=O) groups is 2. The van der Waals surface area contributed by atoms with Crippen LogP contribution in [0.1, 0.15) is 220 Å². The predicted molar refractivity (Wildman–Crippen MR) is 288 cm³/mol. The number of ether oxygens (including phenoxy) is 1. The zero-order valence-corrected chi connectivity index (χ0v) is 45.4. The Morgan fingerprint density at radius 2 is 0.941 bits per heavy atom. The van der Waals surface area contributed by atoms with Crippen LogP contribution in [0.3, 0.4) is 0 Å². The van der Waals surface area contributed by atoms with Gasteiger partial charge in [-0.05, 0) is 51.0 Å². The zero-order valence-electron chi connectivity index (χ0n) is 44.5. The lowest BCUT2D eigenvalue weighted by Gasteiger charge is -2.30.